The minimum atomic E-state index is 0.0463. The fourth-order valence-corrected chi connectivity index (χ4v) is 3.06. The van der Waals surface area contributed by atoms with Crippen LogP contribution in [0, 0.1) is 34.5 Å². The van der Waals surface area contributed by atoms with Gasteiger partial charge in [0.1, 0.15) is 5.78 Å². The van der Waals surface area contributed by atoms with Crippen LogP contribution in [0.15, 0.2) is 0 Å². The molecule has 0 spiro atoms. The van der Waals surface area contributed by atoms with Gasteiger partial charge < -0.3 is 0 Å². The van der Waals surface area contributed by atoms with Crippen LogP contribution in [0.1, 0.15) is 33.1 Å². The van der Waals surface area contributed by atoms with Gasteiger partial charge in [0, 0.05) is 18.8 Å². The van der Waals surface area contributed by atoms with Crippen molar-refractivity contribution in [1.82, 2.24) is 0 Å². The van der Waals surface area contributed by atoms with Crippen molar-refractivity contribution in [2.75, 3.05) is 0 Å². The van der Waals surface area contributed by atoms with Gasteiger partial charge in [-0.1, -0.05) is 13.8 Å². The molecule has 0 aromatic heterocycles. The lowest BCUT2D eigenvalue weighted by Crippen LogP contribution is -2.55. The third kappa shape index (κ3) is 1.03. The Morgan fingerprint density at radius 2 is 2.31 bits per heavy atom. The van der Waals surface area contributed by atoms with Crippen molar-refractivity contribution in [3.05, 3.63) is 0 Å². The van der Waals surface area contributed by atoms with E-state index in [1.165, 1.54) is 6.42 Å². The second kappa shape index (κ2) is 2.57. The second-order valence-corrected chi connectivity index (χ2v) is 5.00. The summed E-state index contributed by atoms with van der Waals surface area (Å²) in [6.07, 6.45) is 2.32. The fraction of sp³-hybridized carbons (Fsp3) is 0.818. The quantitative estimate of drug-likeness (QED) is 0.615. The third-order valence-corrected chi connectivity index (χ3v) is 4.20. The third-order valence-electron chi connectivity index (χ3n) is 4.20. The summed E-state index contributed by atoms with van der Waals surface area (Å²) in [6, 6.07) is 2.14. The number of carbonyl (C=O) groups is 1. The zero-order chi connectivity index (χ0) is 9.64. The molecule has 0 N–H and O–H groups in total. The van der Waals surface area contributed by atoms with Gasteiger partial charge in [0.2, 0.25) is 0 Å². The van der Waals surface area contributed by atoms with Gasteiger partial charge in [0.25, 0.3) is 0 Å². The molecule has 0 aromatic carbocycles. The zero-order valence-electron chi connectivity index (χ0n) is 8.21. The summed E-state index contributed by atoms with van der Waals surface area (Å²) in [5.74, 6) is 1.46. The molecule has 0 saturated heterocycles. The zero-order valence-corrected chi connectivity index (χ0v) is 8.21. The van der Waals surface area contributed by atoms with Crippen LogP contribution in [-0.2, 0) is 4.79 Å². The van der Waals surface area contributed by atoms with E-state index in [4.69, 9.17) is 5.26 Å². The Morgan fingerprint density at radius 3 is 2.85 bits per heavy atom. The summed E-state index contributed by atoms with van der Waals surface area (Å²) in [4.78, 5) is 11.6. The first-order valence-corrected chi connectivity index (χ1v) is 4.97. The molecule has 3 aliphatic rings. The fourth-order valence-electron chi connectivity index (χ4n) is 3.06. The highest BCUT2D eigenvalue weighted by atomic mass is 16.1. The molecule has 2 heteroatoms. The van der Waals surface area contributed by atoms with Gasteiger partial charge in [-0.2, -0.15) is 5.26 Å². The summed E-state index contributed by atoms with van der Waals surface area (Å²) < 4.78 is 0. The number of nitriles is 1. The average molecular weight is 177 g/mol. The van der Waals surface area contributed by atoms with Crippen molar-refractivity contribution < 1.29 is 4.79 Å². The van der Waals surface area contributed by atoms with Crippen molar-refractivity contribution in [3.63, 3.8) is 0 Å². The SMILES string of the molecule is CC1(C)[C@@H]2CC(=O)[C@@H](CC#N)[C@H]1C2. The summed E-state index contributed by atoms with van der Waals surface area (Å²) in [5.41, 5.74) is 0.315. The standard InChI is InChI=1S/C11H15NO/c1-11(2)7-5-9(11)8(3-4-12)10(13)6-7/h7-9H,3,5-6H2,1-2H3/t7-,8-,9+/m0/s1. The van der Waals surface area contributed by atoms with E-state index in [2.05, 4.69) is 19.9 Å². The molecule has 0 amide bonds. The summed E-state index contributed by atoms with van der Waals surface area (Å²) >= 11 is 0. The van der Waals surface area contributed by atoms with Crippen LogP contribution >= 0.6 is 0 Å². The summed E-state index contributed by atoms with van der Waals surface area (Å²) in [5, 5.41) is 8.64. The molecule has 3 fully saturated rings. The molecule has 3 rings (SSSR count). The van der Waals surface area contributed by atoms with Crippen molar-refractivity contribution in [2.45, 2.75) is 33.1 Å². The molecule has 3 saturated carbocycles. The van der Waals surface area contributed by atoms with E-state index in [-0.39, 0.29) is 5.92 Å². The van der Waals surface area contributed by atoms with Crippen LogP contribution in [0.25, 0.3) is 0 Å². The molecular weight excluding hydrogens is 162 g/mol. The summed E-state index contributed by atoms with van der Waals surface area (Å²) in [6.45, 7) is 4.48. The van der Waals surface area contributed by atoms with E-state index in [1.54, 1.807) is 0 Å². The number of Topliss-reactive ketones (excluding diaryl/α,β-unsaturated/α-hetero) is 1. The molecule has 2 bridgehead atoms. The Labute approximate surface area is 78.9 Å². The van der Waals surface area contributed by atoms with Gasteiger partial charge >= 0.3 is 0 Å². The monoisotopic (exact) mass is 177 g/mol. The Balaban J connectivity index is 2.18. The van der Waals surface area contributed by atoms with Crippen LogP contribution in [0.5, 0.6) is 0 Å². The van der Waals surface area contributed by atoms with E-state index >= 15 is 0 Å². The van der Waals surface area contributed by atoms with Gasteiger partial charge in [-0.15, -0.1) is 0 Å². The number of ketones is 1. The molecule has 0 aliphatic heterocycles. The topological polar surface area (TPSA) is 40.9 Å². The van der Waals surface area contributed by atoms with Gasteiger partial charge in [0.05, 0.1) is 6.07 Å². The highest BCUT2D eigenvalue weighted by molar-refractivity contribution is 5.84. The first-order valence-electron chi connectivity index (χ1n) is 4.97. The number of nitrogens with zero attached hydrogens (tertiary/aromatic N) is 1. The van der Waals surface area contributed by atoms with Gasteiger partial charge in [-0.3, -0.25) is 4.79 Å². The normalized spacial score (nSPS) is 40.7. The van der Waals surface area contributed by atoms with Crippen LogP contribution < -0.4 is 0 Å². The van der Waals surface area contributed by atoms with Crippen molar-refractivity contribution in [2.24, 2.45) is 23.2 Å². The van der Waals surface area contributed by atoms with Gasteiger partial charge in [-0.05, 0) is 23.7 Å². The molecule has 0 aromatic rings. The van der Waals surface area contributed by atoms with Crippen LogP contribution in [0.2, 0.25) is 0 Å². The molecule has 3 atom stereocenters. The first-order chi connectivity index (χ1) is 6.07. The van der Waals surface area contributed by atoms with E-state index in [0.717, 1.165) is 6.42 Å². The number of rotatable bonds is 1. The number of hydrogen-bond donors (Lipinski definition) is 0. The second-order valence-electron chi connectivity index (χ2n) is 5.00. The molecule has 70 valence electrons. The summed E-state index contributed by atoms with van der Waals surface area (Å²) in [7, 11) is 0. The first kappa shape index (κ1) is 8.74. The molecular formula is C11H15NO. The number of fused-ring (bicyclic) bond motifs is 2. The minimum absolute atomic E-state index is 0.0463. The van der Waals surface area contributed by atoms with Crippen LogP contribution in [0.4, 0.5) is 0 Å². The van der Waals surface area contributed by atoms with E-state index < -0.39 is 0 Å². The van der Waals surface area contributed by atoms with E-state index in [9.17, 15) is 4.79 Å². The van der Waals surface area contributed by atoms with E-state index in [1.807, 2.05) is 0 Å². The Hall–Kier alpha value is -0.840. The van der Waals surface area contributed by atoms with E-state index in [0.29, 0.717) is 29.5 Å². The van der Waals surface area contributed by atoms with Crippen molar-refractivity contribution in [3.8, 4) is 6.07 Å². The molecule has 0 heterocycles. The maximum Gasteiger partial charge on any atom is 0.137 e. The number of hydrogen-bond acceptors (Lipinski definition) is 2. The lowest BCUT2D eigenvalue weighted by atomic mass is 9.45. The van der Waals surface area contributed by atoms with Crippen molar-refractivity contribution in [1.29, 1.82) is 5.26 Å². The Bertz CT molecular complexity index is 287. The maximum absolute atomic E-state index is 11.6. The van der Waals surface area contributed by atoms with Crippen LogP contribution in [0.3, 0.4) is 0 Å². The Morgan fingerprint density at radius 1 is 1.62 bits per heavy atom. The molecule has 0 unspecified atom stereocenters. The average Bonchev–Trinajstić information content (AvgIpc) is 2.08. The smallest absolute Gasteiger partial charge is 0.137 e. The largest absolute Gasteiger partial charge is 0.299 e. The van der Waals surface area contributed by atoms with Gasteiger partial charge in [0.15, 0.2) is 0 Å². The van der Waals surface area contributed by atoms with Crippen LogP contribution in [-0.4, -0.2) is 5.78 Å². The van der Waals surface area contributed by atoms with Crippen molar-refractivity contribution >= 4 is 5.78 Å². The predicted octanol–water partition coefficient (Wildman–Crippen LogP) is 2.15. The highest BCUT2D eigenvalue weighted by Crippen LogP contribution is 2.60. The molecule has 2 nitrogen and oxygen atoms in total. The Kier molecular flexibility index (Phi) is 1.73. The highest BCUT2D eigenvalue weighted by Gasteiger charge is 2.57. The lowest BCUT2D eigenvalue weighted by Gasteiger charge is -2.58. The lowest BCUT2D eigenvalue weighted by molar-refractivity contribution is -0.154. The minimum Gasteiger partial charge on any atom is -0.299 e. The molecule has 13 heavy (non-hydrogen) atoms. The predicted molar refractivity (Wildman–Crippen MR) is 48.7 cm³/mol. The maximum atomic E-state index is 11.6. The molecule has 0 radical (unpaired) electrons. The van der Waals surface area contributed by atoms with Gasteiger partial charge in [-0.25, -0.2) is 0 Å². The number of carbonyl (C=O) groups excluding carboxylic acids is 1. The molecule has 3 aliphatic carbocycles.